The van der Waals surface area contributed by atoms with Crippen LogP contribution in [0.25, 0.3) is 0 Å². The topological polar surface area (TPSA) is 23.5 Å². The molecule has 0 aromatic carbocycles. The Bertz CT molecular complexity index is 90.0. The summed E-state index contributed by atoms with van der Waals surface area (Å²) < 4.78 is 0. The summed E-state index contributed by atoms with van der Waals surface area (Å²) in [5.41, 5.74) is 0. The maximum Gasteiger partial charge on any atom is 0.0524 e. The Morgan fingerprint density at radius 2 is 1.58 bits per heavy atom. The first-order valence-corrected chi connectivity index (χ1v) is 4.89. The minimum atomic E-state index is -0.161. The summed E-state index contributed by atoms with van der Waals surface area (Å²) in [5, 5.41) is 9.05. The molecule has 1 unspecified atom stereocenters. The third-order valence-electron chi connectivity index (χ3n) is 2.02. The molecule has 0 saturated carbocycles. The fourth-order valence-electron chi connectivity index (χ4n) is 0.998. The molecule has 0 heterocycles. The van der Waals surface area contributed by atoms with E-state index in [1.165, 1.54) is 6.42 Å². The molecule has 74 valence electrons. The lowest BCUT2D eigenvalue weighted by molar-refractivity contribution is 0.163. The van der Waals surface area contributed by atoms with Gasteiger partial charge in [0, 0.05) is 6.54 Å². The predicted molar refractivity (Wildman–Crippen MR) is 53.2 cm³/mol. The molecule has 2 nitrogen and oxygen atoms in total. The molecule has 12 heavy (non-hydrogen) atoms. The smallest absolute Gasteiger partial charge is 0.0524 e. The lowest BCUT2D eigenvalue weighted by atomic mass is 10.1. The highest BCUT2D eigenvalue weighted by Gasteiger charge is 2.02. The Hall–Kier alpha value is -0.0800. The molecule has 0 spiro atoms. The third kappa shape index (κ3) is 8.02. The minimum Gasteiger partial charge on any atom is -0.393 e. The first-order chi connectivity index (χ1) is 5.52. The summed E-state index contributed by atoms with van der Waals surface area (Å²) in [4.78, 5) is 2.28. The SMILES string of the molecule is CC(C)CCN(C)CCC(C)O. The van der Waals surface area contributed by atoms with Crippen molar-refractivity contribution in [3.63, 3.8) is 0 Å². The van der Waals surface area contributed by atoms with E-state index in [0.717, 1.165) is 25.4 Å². The van der Waals surface area contributed by atoms with Crippen LogP contribution in [0.4, 0.5) is 0 Å². The molecule has 0 aromatic rings. The second-order valence-corrected chi connectivity index (χ2v) is 4.12. The van der Waals surface area contributed by atoms with Crippen LogP contribution in [0, 0.1) is 5.92 Å². The Labute approximate surface area is 76.6 Å². The van der Waals surface area contributed by atoms with Crippen molar-refractivity contribution in [3.8, 4) is 0 Å². The highest BCUT2D eigenvalue weighted by molar-refractivity contribution is 4.56. The van der Waals surface area contributed by atoms with Gasteiger partial charge in [0.2, 0.25) is 0 Å². The van der Waals surface area contributed by atoms with E-state index in [1.807, 2.05) is 6.92 Å². The van der Waals surface area contributed by atoms with Crippen LogP contribution >= 0.6 is 0 Å². The van der Waals surface area contributed by atoms with Crippen molar-refractivity contribution in [2.75, 3.05) is 20.1 Å². The van der Waals surface area contributed by atoms with Crippen molar-refractivity contribution in [2.45, 2.75) is 39.7 Å². The lowest BCUT2D eigenvalue weighted by Crippen LogP contribution is -2.24. The molecule has 0 fully saturated rings. The van der Waals surface area contributed by atoms with Crippen LogP contribution in [-0.4, -0.2) is 36.2 Å². The van der Waals surface area contributed by atoms with E-state index < -0.39 is 0 Å². The summed E-state index contributed by atoms with van der Waals surface area (Å²) in [6.07, 6.45) is 1.97. The van der Waals surface area contributed by atoms with Gasteiger partial charge in [-0.15, -0.1) is 0 Å². The summed E-state index contributed by atoms with van der Waals surface area (Å²) >= 11 is 0. The highest BCUT2D eigenvalue weighted by Crippen LogP contribution is 2.01. The molecular formula is C10H23NO. The highest BCUT2D eigenvalue weighted by atomic mass is 16.3. The van der Waals surface area contributed by atoms with Crippen LogP contribution in [0.15, 0.2) is 0 Å². The summed E-state index contributed by atoms with van der Waals surface area (Å²) in [5.74, 6) is 0.777. The summed E-state index contributed by atoms with van der Waals surface area (Å²) in [7, 11) is 2.12. The number of aliphatic hydroxyl groups is 1. The molecule has 0 radical (unpaired) electrons. The van der Waals surface area contributed by atoms with E-state index >= 15 is 0 Å². The van der Waals surface area contributed by atoms with Gasteiger partial charge >= 0.3 is 0 Å². The van der Waals surface area contributed by atoms with E-state index in [0.29, 0.717) is 0 Å². The maximum atomic E-state index is 9.05. The lowest BCUT2D eigenvalue weighted by Gasteiger charge is -2.18. The Morgan fingerprint density at radius 3 is 2.00 bits per heavy atom. The molecule has 1 N–H and O–H groups in total. The van der Waals surface area contributed by atoms with Gasteiger partial charge in [-0.05, 0) is 39.3 Å². The quantitative estimate of drug-likeness (QED) is 0.661. The zero-order chi connectivity index (χ0) is 9.56. The predicted octanol–water partition coefficient (Wildman–Crippen LogP) is 1.74. The fourth-order valence-corrected chi connectivity index (χ4v) is 0.998. The van der Waals surface area contributed by atoms with E-state index in [2.05, 4.69) is 25.8 Å². The largest absolute Gasteiger partial charge is 0.393 e. The molecular weight excluding hydrogens is 150 g/mol. The Kier molecular flexibility index (Phi) is 6.39. The second kappa shape index (κ2) is 6.44. The summed E-state index contributed by atoms with van der Waals surface area (Å²) in [6, 6.07) is 0. The van der Waals surface area contributed by atoms with Gasteiger partial charge in [-0.3, -0.25) is 0 Å². The van der Waals surface area contributed by atoms with Gasteiger partial charge < -0.3 is 10.0 Å². The summed E-state index contributed by atoms with van der Waals surface area (Å²) in [6.45, 7) is 8.47. The molecule has 0 amide bonds. The van der Waals surface area contributed by atoms with Gasteiger partial charge in [0.25, 0.3) is 0 Å². The van der Waals surface area contributed by atoms with Gasteiger partial charge in [-0.2, -0.15) is 0 Å². The van der Waals surface area contributed by atoms with Crippen molar-refractivity contribution in [3.05, 3.63) is 0 Å². The molecule has 0 bridgehead atoms. The van der Waals surface area contributed by atoms with Crippen molar-refractivity contribution in [2.24, 2.45) is 5.92 Å². The molecule has 0 saturated heterocycles. The number of aliphatic hydroxyl groups excluding tert-OH is 1. The van der Waals surface area contributed by atoms with Gasteiger partial charge in [-0.25, -0.2) is 0 Å². The van der Waals surface area contributed by atoms with Crippen LogP contribution in [0.5, 0.6) is 0 Å². The van der Waals surface area contributed by atoms with E-state index in [1.54, 1.807) is 0 Å². The standard InChI is InChI=1S/C10H23NO/c1-9(2)5-7-11(4)8-6-10(3)12/h9-10,12H,5-8H2,1-4H3. The molecule has 0 aromatic heterocycles. The van der Waals surface area contributed by atoms with Crippen molar-refractivity contribution < 1.29 is 5.11 Å². The van der Waals surface area contributed by atoms with E-state index in [-0.39, 0.29) is 6.10 Å². The molecule has 0 rings (SSSR count). The van der Waals surface area contributed by atoms with Gasteiger partial charge in [0.05, 0.1) is 6.10 Å². The Morgan fingerprint density at radius 1 is 1.08 bits per heavy atom. The van der Waals surface area contributed by atoms with Crippen molar-refractivity contribution >= 4 is 0 Å². The first kappa shape index (κ1) is 11.9. The number of rotatable bonds is 6. The van der Waals surface area contributed by atoms with Crippen LogP contribution in [0.1, 0.15) is 33.6 Å². The first-order valence-electron chi connectivity index (χ1n) is 4.89. The monoisotopic (exact) mass is 173 g/mol. The normalized spacial score (nSPS) is 14.2. The Balaban J connectivity index is 3.27. The molecule has 0 aliphatic rings. The van der Waals surface area contributed by atoms with Gasteiger partial charge in [0.15, 0.2) is 0 Å². The zero-order valence-electron chi connectivity index (χ0n) is 8.88. The molecule has 1 atom stereocenters. The fraction of sp³-hybridized carbons (Fsp3) is 1.00. The van der Waals surface area contributed by atoms with Gasteiger partial charge in [-0.1, -0.05) is 13.8 Å². The number of hydrogen-bond acceptors (Lipinski definition) is 2. The average molecular weight is 173 g/mol. The van der Waals surface area contributed by atoms with Gasteiger partial charge in [0.1, 0.15) is 0 Å². The molecule has 0 aliphatic heterocycles. The number of nitrogens with zero attached hydrogens (tertiary/aromatic N) is 1. The maximum absolute atomic E-state index is 9.05. The molecule has 0 aliphatic carbocycles. The minimum absolute atomic E-state index is 0.161. The van der Waals surface area contributed by atoms with Crippen LogP contribution in [-0.2, 0) is 0 Å². The average Bonchev–Trinajstić information content (AvgIpc) is 1.96. The third-order valence-corrected chi connectivity index (χ3v) is 2.02. The van der Waals surface area contributed by atoms with Crippen LogP contribution < -0.4 is 0 Å². The number of hydrogen-bond donors (Lipinski definition) is 1. The van der Waals surface area contributed by atoms with Crippen LogP contribution in [0.3, 0.4) is 0 Å². The van der Waals surface area contributed by atoms with Crippen molar-refractivity contribution in [1.29, 1.82) is 0 Å². The van der Waals surface area contributed by atoms with Crippen LogP contribution in [0.2, 0.25) is 0 Å². The van der Waals surface area contributed by atoms with E-state index in [4.69, 9.17) is 5.11 Å². The second-order valence-electron chi connectivity index (χ2n) is 4.12. The molecule has 2 heteroatoms. The zero-order valence-corrected chi connectivity index (χ0v) is 8.88. The van der Waals surface area contributed by atoms with Crippen molar-refractivity contribution in [1.82, 2.24) is 4.90 Å². The van der Waals surface area contributed by atoms with E-state index in [9.17, 15) is 0 Å².